The standard InChI is InChI=1S/C30H43N3O2/c1-4-6-9-18-29(35)33(25(3)5-2)20-19-28(34)31-21-23-32(24-22-31)30(26-14-10-7-11-15-26)27-16-12-8-13-17-27/h7-8,10-17,25,30H,4-6,9,18-24H2,1-3H3. The van der Waals surface area contributed by atoms with Gasteiger partial charge >= 0.3 is 0 Å². The summed E-state index contributed by atoms with van der Waals surface area (Å²) in [5, 5.41) is 0. The molecule has 1 fully saturated rings. The summed E-state index contributed by atoms with van der Waals surface area (Å²) in [6.07, 6.45) is 5.03. The number of amides is 2. The van der Waals surface area contributed by atoms with Crippen LogP contribution in [-0.2, 0) is 9.59 Å². The molecule has 0 N–H and O–H groups in total. The molecule has 5 nitrogen and oxygen atoms in total. The van der Waals surface area contributed by atoms with Crippen LogP contribution in [0.2, 0.25) is 0 Å². The lowest BCUT2D eigenvalue weighted by atomic mass is 9.96. The van der Waals surface area contributed by atoms with Gasteiger partial charge in [-0.05, 0) is 30.9 Å². The highest BCUT2D eigenvalue weighted by atomic mass is 16.2. The molecular weight excluding hydrogens is 434 g/mol. The van der Waals surface area contributed by atoms with E-state index in [0.717, 1.165) is 51.9 Å². The average molecular weight is 478 g/mol. The summed E-state index contributed by atoms with van der Waals surface area (Å²) in [6.45, 7) is 10.00. The smallest absolute Gasteiger partial charge is 0.224 e. The quantitative estimate of drug-likeness (QED) is 0.378. The van der Waals surface area contributed by atoms with Crippen molar-refractivity contribution in [2.75, 3.05) is 32.7 Å². The molecule has 3 rings (SSSR count). The molecule has 0 aliphatic carbocycles. The van der Waals surface area contributed by atoms with Gasteiger partial charge in [0.15, 0.2) is 0 Å². The van der Waals surface area contributed by atoms with Crippen LogP contribution in [0.3, 0.4) is 0 Å². The molecule has 2 aromatic rings. The van der Waals surface area contributed by atoms with E-state index in [0.29, 0.717) is 19.4 Å². The molecule has 1 heterocycles. The Labute approximate surface area is 212 Å². The van der Waals surface area contributed by atoms with Crippen molar-refractivity contribution in [3.8, 4) is 0 Å². The van der Waals surface area contributed by atoms with Gasteiger partial charge in [0.25, 0.3) is 0 Å². The molecular formula is C30H43N3O2. The van der Waals surface area contributed by atoms with Crippen LogP contribution in [0, 0.1) is 0 Å². The molecule has 2 amide bonds. The summed E-state index contributed by atoms with van der Waals surface area (Å²) in [7, 11) is 0. The van der Waals surface area contributed by atoms with Gasteiger partial charge in [-0.25, -0.2) is 0 Å². The van der Waals surface area contributed by atoms with Crippen molar-refractivity contribution >= 4 is 11.8 Å². The van der Waals surface area contributed by atoms with E-state index >= 15 is 0 Å². The monoisotopic (exact) mass is 477 g/mol. The first-order valence-electron chi connectivity index (χ1n) is 13.5. The van der Waals surface area contributed by atoms with E-state index in [9.17, 15) is 9.59 Å². The van der Waals surface area contributed by atoms with Gasteiger partial charge in [-0.3, -0.25) is 14.5 Å². The second kappa shape index (κ2) is 14.0. The second-order valence-corrected chi connectivity index (χ2v) is 9.69. The van der Waals surface area contributed by atoms with Crippen molar-refractivity contribution in [2.24, 2.45) is 0 Å². The molecule has 0 radical (unpaired) electrons. The van der Waals surface area contributed by atoms with Crippen molar-refractivity contribution < 1.29 is 9.59 Å². The molecule has 5 heteroatoms. The fourth-order valence-electron chi connectivity index (χ4n) is 4.97. The van der Waals surface area contributed by atoms with Gasteiger partial charge in [0, 0.05) is 51.6 Å². The zero-order valence-electron chi connectivity index (χ0n) is 21.9. The highest BCUT2D eigenvalue weighted by Crippen LogP contribution is 2.29. The molecule has 1 unspecified atom stereocenters. The van der Waals surface area contributed by atoms with Crippen LogP contribution >= 0.6 is 0 Å². The van der Waals surface area contributed by atoms with Crippen molar-refractivity contribution in [2.45, 2.75) is 71.4 Å². The molecule has 2 aromatic carbocycles. The maximum absolute atomic E-state index is 13.1. The number of hydrogen-bond acceptors (Lipinski definition) is 3. The minimum atomic E-state index is 0.162. The Balaban J connectivity index is 1.58. The first kappa shape index (κ1) is 26.9. The largest absolute Gasteiger partial charge is 0.340 e. The first-order valence-corrected chi connectivity index (χ1v) is 13.5. The Kier molecular flexibility index (Phi) is 10.8. The number of hydrogen-bond donors (Lipinski definition) is 0. The van der Waals surface area contributed by atoms with Crippen molar-refractivity contribution in [3.05, 3.63) is 71.8 Å². The third-order valence-corrected chi connectivity index (χ3v) is 7.27. The van der Waals surface area contributed by atoms with E-state index in [-0.39, 0.29) is 23.9 Å². The molecule has 0 saturated carbocycles. The van der Waals surface area contributed by atoms with E-state index in [4.69, 9.17) is 0 Å². The maximum atomic E-state index is 13.1. The fraction of sp³-hybridized carbons (Fsp3) is 0.533. The van der Waals surface area contributed by atoms with E-state index in [1.54, 1.807) is 0 Å². The first-order chi connectivity index (χ1) is 17.0. The van der Waals surface area contributed by atoms with Crippen LogP contribution in [0.25, 0.3) is 0 Å². The van der Waals surface area contributed by atoms with Gasteiger partial charge < -0.3 is 9.80 Å². The highest BCUT2D eigenvalue weighted by molar-refractivity contribution is 5.79. The third-order valence-electron chi connectivity index (χ3n) is 7.27. The van der Waals surface area contributed by atoms with Gasteiger partial charge in [0.2, 0.25) is 11.8 Å². The van der Waals surface area contributed by atoms with Crippen LogP contribution in [0.5, 0.6) is 0 Å². The van der Waals surface area contributed by atoms with Gasteiger partial charge in [0.1, 0.15) is 0 Å². The van der Waals surface area contributed by atoms with Crippen LogP contribution in [0.4, 0.5) is 0 Å². The van der Waals surface area contributed by atoms with Crippen LogP contribution in [-0.4, -0.2) is 65.3 Å². The lowest BCUT2D eigenvalue weighted by Crippen LogP contribution is -2.50. The van der Waals surface area contributed by atoms with Gasteiger partial charge in [-0.15, -0.1) is 0 Å². The second-order valence-electron chi connectivity index (χ2n) is 9.69. The van der Waals surface area contributed by atoms with Gasteiger partial charge in [-0.2, -0.15) is 0 Å². The zero-order valence-corrected chi connectivity index (χ0v) is 21.9. The number of unbranched alkanes of at least 4 members (excludes halogenated alkanes) is 2. The number of nitrogens with zero attached hydrogens (tertiary/aromatic N) is 3. The summed E-state index contributed by atoms with van der Waals surface area (Å²) in [5.41, 5.74) is 2.56. The van der Waals surface area contributed by atoms with Gasteiger partial charge in [-0.1, -0.05) is 87.4 Å². The molecule has 1 atom stereocenters. The summed E-state index contributed by atoms with van der Waals surface area (Å²) < 4.78 is 0. The minimum absolute atomic E-state index is 0.162. The Morgan fingerprint density at radius 1 is 0.829 bits per heavy atom. The molecule has 0 spiro atoms. The summed E-state index contributed by atoms with van der Waals surface area (Å²) in [6, 6.07) is 21.6. The number of carbonyl (C=O) groups excluding carboxylic acids is 2. The molecule has 190 valence electrons. The van der Waals surface area contributed by atoms with Crippen LogP contribution in [0.1, 0.15) is 76.5 Å². The number of benzene rings is 2. The summed E-state index contributed by atoms with van der Waals surface area (Å²) >= 11 is 0. The summed E-state index contributed by atoms with van der Waals surface area (Å²) in [4.78, 5) is 32.3. The molecule has 0 bridgehead atoms. The van der Waals surface area contributed by atoms with E-state index in [1.807, 2.05) is 9.80 Å². The maximum Gasteiger partial charge on any atom is 0.224 e. The Bertz CT molecular complexity index is 855. The lowest BCUT2D eigenvalue weighted by molar-refractivity contribution is -0.137. The van der Waals surface area contributed by atoms with Crippen LogP contribution in [0.15, 0.2) is 60.7 Å². The Morgan fingerprint density at radius 2 is 1.40 bits per heavy atom. The van der Waals surface area contributed by atoms with E-state index < -0.39 is 0 Å². The lowest BCUT2D eigenvalue weighted by Gasteiger charge is -2.40. The van der Waals surface area contributed by atoms with E-state index in [1.165, 1.54) is 11.1 Å². The van der Waals surface area contributed by atoms with Gasteiger partial charge in [0.05, 0.1) is 6.04 Å². The van der Waals surface area contributed by atoms with Crippen LogP contribution < -0.4 is 0 Å². The Hall–Kier alpha value is -2.66. The minimum Gasteiger partial charge on any atom is -0.340 e. The highest BCUT2D eigenvalue weighted by Gasteiger charge is 2.28. The van der Waals surface area contributed by atoms with Crippen molar-refractivity contribution in [1.82, 2.24) is 14.7 Å². The zero-order chi connectivity index (χ0) is 25.0. The molecule has 1 saturated heterocycles. The third kappa shape index (κ3) is 7.66. The number of carbonyl (C=O) groups is 2. The predicted octanol–water partition coefficient (Wildman–Crippen LogP) is 5.52. The molecule has 1 aliphatic rings. The predicted molar refractivity (Wildman–Crippen MR) is 143 cm³/mol. The normalized spacial score (nSPS) is 15.3. The molecule has 0 aromatic heterocycles. The van der Waals surface area contributed by atoms with E-state index in [2.05, 4.69) is 86.3 Å². The summed E-state index contributed by atoms with van der Waals surface area (Å²) in [5.74, 6) is 0.356. The van der Waals surface area contributed by atoms with Crippen molar-refractivity contribution in [3.63, 3.8) is 0 Å². The topological polar surface area (TPSA) is 43.9 Å². The number of piperazine rings is 1. The molecule has 35 heavy (non-hydrogen) atoms. The fourth-order valence-corrected chi connectivity index (χ4v) is 4.97. The number of rotatable bonds is 12. The SMILES string of the molecule is CCCCCC(=O)N(CCC(=O)N1CCN(C(c2ccccc2)c2ccccc2)CC1)C(C)CC. The average Bonchev–Trinajstić information content (AvgIpc) is 2.90. The molecule has 1 aliphatic heterocycles. The Morgan fingerprint density at radius 3 is 1.91 bits per heavy atom. The van der Waals surface area contributed by atoms with Crippen molar-refractivity contribution in [1.29, 1.82) is 0 Å².